The van der Waals surface area contributed by atoms with Crippen molar-refractivity contribution in [1.29, 1.82) is 0 Å². The van der Waals surface area contributed by atoms with Gasteiger partial charge in [-0.1, -0.05) is 6.42 Å². The van der Waals surface area contributed by atoms with E-state index in [9.17, 15) is 4.79 Å². The van der Waals surface area contributed by atoms with E-state index in [0.717, 1.165) is 6.54 Å². The molecule has 1 saturated carbocycles. The van der Waals surface area contributed by atoms with Crippen LogP contribution in [0.2, 0.25) is 0 Å². The zero-order valence-electron chi connectivity index (χ0n) is 9.77. The molecule has 0 aromatic carbocycles. The van der Waals surface area contributed by atoms with Gasteiger partial charge in [-0.2, -0.15) is 4.37 Å². The monoisotopic (exact) mass is 252 g/mol. The molecule has 92 valence electrons. The van der Waals surface area contributed by atoms with Crippen LogP contribution in [0.3, 0.4) is 0 Å². The maximum atomic E-state index is 12.1. The number of nitrogens with one attached hydrogen (secondary N) is 2. The highest BCUT2D eigenvalue weighted by Gasteiger charge is 2.42. The van der Waals surface area contributed by atoms with Gasteiger partial charge in [-0.15, -0.1) is 0 Å². The highest BCUT2D eigenvalue weighted by atomic mass is 32.1. The third kappa shape index (κ3) is 2.07. The van der Waals surface area contributed by atoms with Gasteiger partial charge in [0.05, 0.1) is 6.04 Å². The molecule has 1 saturated heterocycles. The molecule has 1 aliphatic carbocycles. The third-order valence-corrected chi connectivity index (χ3v) is 4.51. The molecule has 1 aromatic heterocycles. The topological polar surface area (TPSA) is 66.9 Å². The second-order valence-electron chi connectivity index (χ2n) is 4.88. The van der Waals surface area contributed by atoms with Crippen LogP contribution < -0.4 is 10.6 Å². The first-order valence-corrected chi connectivity index (χ1v) is 6.86. The summed E-state index contributed by atoms with van der Waals surface area (Å²) < 4.78 is 4.06. The van der Waals surface area contributed by atoms with Gasteiger partial charge in [-0.05, 0) is 38.1 Å². The number of rotatable bonds is 2. The summed E-state index contributed by atoms with van der Waals surface area (Å²) in [5, 5.41) is 6.80. The Bertz CT molecular complexity index is 433. The van der Waals surface area contributed by atoms with Gasteiger partial charge in [-0.25, -0.2) is 4.98 Å². The minimum atomic E-state index is -0.0355. The first-order chi connectivity index (χ1) is 8.24. The lowest BCUT2D eigenvalue weighted by atomic mass is 9.94. The van der Waals surface area contributed by atoms with Gasteiger partial charge in [0.2, 0.25) is 11.0 Å². The Morgan fingerprint density at radius 1 is 1.53 bits per heavy atom. The summed E-state index contributed by atoms with van der Waals surface area (Å²) >= 11 is 1.24. The van der Waals surface area contributed by atoms with Gasteiger partial charge in [-0.3, -0.25) is 10.1 Å². The molecule has 0 spiro atoms. The molecule has 5 nitrogen and oxygen atoms in total. The van der Waals surface area contributed by atoms with Gasteiger partial charge in [0.1, 0.15) is 5.82 Å². The van der Waals surface area contributed by atoms with Crippen molar-refractivity contribution >= 4 is 22.6 Å². The summed E-state index contributed by atoms with van der Waals surface area (Å²) in [7, 11) is 0. The van der Waals surface area contributed by atoms with Crippen LogP contribution in [-0.4, -0.2) is 27.9 Å². The lowest BCUT2D eigenvalue weighted by molar-refractivity contribution is -0.118. The molecule has 1 amide bonds. The summed E-state index contributed by atoms with van der Waals surface area (Å²) in [4.78, 5) is 16.3. The zero-order valence-corrected chi connectivity index (χ0v) is 10.6. The lowest BCUT2D eigenvalue weighted by Gasteiger charge is -2.16. The van der Waals surface area contributed by atoms with E-state index in [2.05, 4.69) is 20.0 Å². The Morgan fingerprint density at radius 2 is 2.41 bits per heavy atom. The molecule has 1 aromatic rings. The molecule has 17 heavy (non-hydrogen) atoms. The van der Waals surface area contributed by atoms with Crippen molar-refractivity contribution in [3.8, 4) is 0 Å². The van der Waals surface area contributed by atoms with Gasteiger partial charge >= 0.3 is 0 Å². The number of aryl methyl sites for hydroxylation is 1. The number of anilines is 1. The van der Waals surface area contributed by atoms with E-state index in [1.807, 2.05) is 6.92 Å². The van der Waals surface area contributed by atoms with Crippen molar-refractivity contribution in [1.82, 2.24) is 14.7 Å². The lowest BCUT2D eigenvalue weighted by Crippen LogP contribution is -2.39. The van der Waals surface area contributed by atoms with Crippen LogP contribution >= 0.6 is 11.5 Å². The number of aromatic nitrogens is 2. The average molecular weight is 252 g/mol. The minimum Gasteiger partial charge on any atom is -0.305 e. The van der Waals surface area contributed by atoms with Crippen LogP contribution in [0.1, 0.15) is 25.1 Å². The van der Waals surface area contributed by atoms with E-state index in [-0.39, 0.29) is 11.9 Å². The molecule has 3 atom stereocenters. The van der Waals surface area contributed by atoms with Crippen LogP contribution in [0.25, 0.3) is 0 Å². The number of hydrogen-bond donors (Lipinski definition) is 2. The summed E-state index contributed by atoms with van der Waals surface area (Å²) in [6.45, 7) is 2.81. The predicted octanol–water partition coefficient (Wildman–Crippen LogP) is 1.17. The zero-order chi connectivity index (χ0) is 11.8. The quantitative estimate of drug-likeness (QED) is 0.829. The van der Waals surface area contributed by atoms with Crippen molar-refractivity contribution in [3.05, 3.63) is 5.82 Å². The van der Waals surface area contributed by atoms with Crippen LogP contribution in [0.15, 0.2) is 0 Å². The van der Waals surface area contributed by atoms with Gasteiger partial charge in [0, 0.05) is 11.5 Å². The van der Waals surface area contributed by atoms with Gasteiger partial charge < -0.3 is 5.32 Å². The highest BCUT2D eigenvalue weighted by Crippen LogP contribution is 2.37. The van der Waals surface area contributed by atoms with E-state index in [1.54, 1.807) is 0 Å². The van der Waals surface area contributed by atoms with E-state index in [4.69, 9.17) is 0 Å². The number of carbonyl (C=O) groups is 1. The molecule has 3 unspecified atom stereocenters. The third-order valence-electron chi connectivity index (χ3n) is 3.79. The maximum absolute atomic E-state index is 12.1. The molecule has 1 aliphatic heterocycles. The number of hydrogen-bond acceptors (Lipinski definition) is 5. The van der Waals surface area contributed by atoms with Gasteiger partial charge in [0.15, 0.2) is 0 Å². The molecule has 3 rings (SSSR count). The Kier molecular flexibility index (Phi) is 2.84. The van der Waals surface area contributed by atoms with E-state index >= 15 is 0 Å². The van der Waals surface area contributed by atoms with Crippen molar-refractivity contribution in [3.63, 3.8) is 0 Å². The van der Waals surface area contributed by atoms with Crippen LogP contribution in [-0.2, 0) is 4.79 Å². The van der Waals surface area contributed by atoms with E-state index < -0.39 is 0 Å². The van der Waals surface area contributed by atoms with Crippen LogP contribution in [0.5, 0.6) is 0 Å². The highest BCUT2D eigenvalue weighted by molar-refractivity contribution is 7.09. The molecule has 2 heterocycles. The predicted molar refractivity (Wildman–Crippen MR) is 65.9 cm³/mol. The number of amides is 1. The molecule has 2 aliphatic rings. The smallest absolute Gasteiger partial charge is 0.243 e. The molecule has 0 bridgehead atoms. The second-order valence-corrected chi connectivity index (χ2v) is 5.63. The van der Waals surface area contributed by atoms with Crippen molar-refractivity contribution < 1.29 is 4.79 Å². The van der Waals surface area contributed by atoms with Crippen molar-refractivity contribution in [2.24, 2.45) is 11.8 Å². The molecule has 0 radical (unpaired) electrons. The Morgan fingerprint density at radius 3 is 3.18 bits per heavy atom. The fourth-order valence-corrected chi connectivity index (χ4v) is 3.58. The Balaban J connectivity index is 1.66. The summed E-state index contributed by atoms with van der Waals surface area (Å²) in [5.74, 6) is 1.98. The van der Waals surface area contributed by atoms with Crippen LogP contribution in [0.4, 0.5) is 5.13 Å². The number of fused-ring (bicyclic) bond motifs is 1. The van der Waals surface area contributed by atoms with Crippen molar-refractivity contribution in [2.75, 3.05) is 11.9 Å². The molecular formula is C11H16N4OS. The fraction of sp³-hybridized carbons (Fsp3) is 0.727. The second kappa shape index (κ2) is 4.34. The summed E-state index contributed by atoms with van der Waals surface area (Å²) in [6.07, 6.45) is 3.70. The number of nitrogens with zero attached hydrogens (tertiary/aromatic N) is 2. The minimum absolute atomic E-state index is 0.0355. The van der Waals surface area contributed by atoms with E-state index in [1.165, 1.54) is 30.8 Å². The first-order valence-electron chi connectivity index (χ1n) is 6.08. The van der Waals surface area contributed by atoms with Crippen molar-refractivity contribution in [2.45, 2.75) is 32.2 Å². The average Bonchev–Trinajstić information content (AvgIpc) is 2.93. The summed E-state index contributed by atoms with van der Waals surface area (Å²) in [6, 6.07) is -0.0355. The molecule has 6 heteroatoms. The number of carbonyl (C=O) groups excluding carboxylic acids is 1. The molecule has 2 N–H and O–H groups in total. The Hall–Kier alpha value is -1.01. The fourth-order valence-electron chi connectivity index (χ4n) is 3.01. The van der Waals surface area contributed by atoms with Crippen LogP contribution in [0, 0.1) is 18.8 Å². The summed E-state index contributed by atoms with van der Waals surface area (Å²) in [5.41, 5.74) is 0. The first kappa shape index (κ1) is 11.1. The SMILES string of the molecule is Cc1nsc(NC(=O)C2NCC3CCCC32)n1. The largest absolute Gasteiger partial charge is 0.305 e. The standard InChI is InChI=1S/C11H16N4OS/c1-6-13-11(17-15-6)14-10(16)9-8-4-2-3-7(8)5-12-9/h7-9,12H,2-5H2,1H3,(H,13,14,15,16). The normalized spacial score (nSPS) is 31.5. The maximum Gasteiger partial charge on any atom is 0.243 e. The van der Waals surface area contributed by atoms with E-state index in [0.29, 0.717) is 22.8 Å². The Labute approximate surface area is 104 Å². The van der Waals surface area contributed by atoms with Gasteiger partial charge in [0.25, 0.3) is 0 Å². The molecule has 2 fully saturated rings. The molecular weight excluding hydrogens is 236 g/mol.